The van der Waals surface area contributed by atoms with Gasteiger partial charge >= 0.3 is 5.97 Å². The van der Waals surface area contributed by atoms with Gasteiger partial charge in [0.25, 0.3) is 23.6 Å². The van der Waals surface area contributed by atoms with E-state index in [2.05, 4.69) is 46.9 Å². The Balaban J connectivity index is 1.05. The third kappa shape index (κ3) is 9.96. The summed E-state index contributed by atoms with van der Waals surface area (Å²) in [6.07, 6.45) is 8.94. The van der Waals surface area contributed by atoms with Crippen LogP contribution in [-0.2, 0) is 44.8 Å². The third-order valence-corrected chi connectivity index (χ3v) is 8.40. The number of hydrogen-bond donors (Lipinski definition) is 8. The third-order valence-electron chi connectivity index (χ3n) is 8.40. The van der Waals surface area contributed by atoms with E-state index in [1.165, 1.54) is 62.2 Å². The molecule has 5 aromatic heterocycles. The predicted molar refractivity (Wildman–Crippen MR) is 202 cm³/mol. The van der Waals surface area contributed by atoms with E-state index in [9.17, 15) is 33.6 Å². The van der Waals surface area contributed by atoms with Gasteiger partial charge in [0.1, 0.15) is 11.4 Å². The van der Waals surface area contributed by atoms with Gasteiger partial charge in [-0.15, -0.1) is 0 Å². The number of carboxylic acid groups (broad SMARTS) is 1. The zero-order valence-corrected chi connectivity index (χ0v) is 31.5. The number of carboxylic acids is 1. The van der Waals surface area contributed by atoms with E-state index in [-0.39, 0.29) is 72.1 Å². The fourth-order valence-corrected chi connectivity index (χ4v) is 5.51. The number of carbonyl (C=O) groups excluding carboxylic acids is 6. The Kier molecular flexibility index (Phi) is 12.3. The van der Waals surface area contributed by atoms with Crippen LogP contribution in [0.5, 0.6) is 0 Å². The van der Waals surface area contributed by atoms with E-state index in [1.807, 2.05) is 0 Å². The smallest absolute Gasteiger partial charge is 0.372 e. The lowest BCUT2D eigenvalue weighted by molar-refractivity contribution is -0.117. The first kappa shape index (κ1) is 40.6. The van der Waals surface area contributed by atoms with Crippen molar-refractivity contribution in [2.45, 2.75) is 18.9 Å². The van der Waals surface area contributed by atoms with Crippen LogP contribution >= 0.6 is 0 Å². The molecule has 0 spiro atoms. The standard InChI is InChI=1S/C34H41N15O8/c1-45-11-10-36-26(45)32(54)39-18-12-22(46(2)14-18)31(53)38-9-7-25(50)41-23-16-48(4)27(42-23)33(55)40-19-13-21(47(3)15-19)30(52)37-8-6-20(35)29(51)44-24-17-49(5)28(43-24)34(56)57/h10-17,20H,6-9,35H2,1-5H3,(H,37,52)(H,38,53)(H,39,54)(H,40,55)(H,41,50)(H,44,51)(H,56,57)/t20-/m1/s1. The number of imidazole rings is 3. The molecule has 5 rings (SSSR count). The summed E-state index contributed by atoms with van der Waals surface area (Å²) in [5.74, 6) is -4.36. The molecule has 0 saturated heterocycles. The van der Waals surface area contributed by atoms with Gasteiger partial charge in [0, 0.05) is 91.9 Å². The van der Waals surface area contributed by atoms with Gasteiger partial charge in [-0.1, -0.05) is 0 Å². The molecular weight excluding hydrogens is 746 g/mol. The molecule has 0 saturated carbocycles. The number of nitrogens with zero attached hydrogens (tertiary/aromatic N) is 8. The molecular formula is C34H41N15O8. The highest BCUT2D eigenvalue weighted by Crippen LogP contribution is 2.17. The second kappa shape index (κ2) is 17.3. The quantitative estimate of drug-likeness (QED) is 0.0635. The fourth-order valence-electron chi connectivity index (χ4n) is 5.51. The van der Waals surface area contributed by atoms with E-state index in [1.54, 1.807) is 45.2 Å². The van der Waals surface area contributed by atoms with Crippen molar-refractivity contribution in [3.63, 3.8) is 0 Å². The molecule has 300 valence electrons. The second-order valence-electron chi connectivity index (χ2n) is 12.8. The number of aromatic carboxylic acids is 1. The summed E-state index contributed by atoms with van der Waals surface area (Å²) in [6.45, 7) is 0.0132. The van der Waals surface area contributed by atoms with Gasteiger partial charge in [-0.2, -0.15) is 0 Å². The monoisotopic (exact) mass is 787 g/mol. The Morgan fingerprint density at radius 3 is 1.72 bits per heavy atom. The van der Waals surface area contributed by atoms with E-state index in [0.717, 1.165) is 0 Å². The molecule has 5 heterocycles. The molecule has 0 aromatic carbocycles. The molecule has 0 aliphatic heterocycles. The molecule has 0 aliphatic rings. The molecule has 23 nitrogen and oxygen atoms in total. The summed E-state index contributed by atoms with van der Waals surface area (Å²) >= 11 is 0. The largest absolute Gasteiger partial charge is 0.475 e. The van der Waals surface area contributed by atoms with Crippen molar-refractivity contribution in [1.29, 1.82) is 0 Å². The lowest BCUT2D eigenvalue weighted by Gasteiger charge is -2.11. The fraction of sp³-hybridized carbons (Fsp3) is 0.294. The molecule has 0 bridgehead atoms. The summed E-state index contributed by atoms with van der Waals surface area (Å²) in [6, 6.07) is 1.90. The van der Waals surface area contributed by atoms with Gasteiger partial charge in [0.15, 0.2) is 17.5 Å². The Bertz CT molecular complexity index is 2360. The maximum absolute atomic E-state index is 13.1. The Morgan fingerprint density at radius 2 is 1.18 bits per heavy atom. The number of carbonyl (C=O) groups is 7. The van der Waals surface area contributed by atoms with Gasteiger partial charge in [-0.05, 0) is 18.6 Å². The summed E-state index contributed by atoms with van der Waals surface area (Å²) in [5, 5.41) is 24.8. The Labute approximate surface area is 323 Å². The van der Waals surface area contributed by atoms with Crippen molar-refractivity contribution >= 4 is 64.4 Å². The number of anilines is 4. The van der Waals surface area contributed by atoms with Crippen molar-refractivity contribution in [3.8, 4) is 0 Å². The van der Waals surface area contributed by atoms with Crippen LogP contribution in [0.2, 0.25) is 0 Å². The van der Waals surface area contributed by atoms with Crippen LogP contribution in [0, 0.1) is 0 Å². The highest BCUT2D eigenvalue weighted by atomic mass is 16.4. The molecule has 5 aromatic rings. The minimum atomic E-state index is -1.26. The number of aromatic nitrogens is 8. The number of amides is 6. The first-order chi connectivity index (χ1) is 27.0. The Morgan fingerprint density at radius 1 is 0.649 bits per heavy atom. The summed E-state index contributed by atoms with van der Waals surface area (Å²) < 4.78 is 7.22. The molecule has 9 N–H and O–H groups in total. The zero-order valence-electron chi connectivity index (χ0n) is 31.5. The average Bonchev–Trinajstić information content (AvgIpc) is 3.97. The first-order valence-electron chi connectivity index (χ1n) is 17.2. The van der Waals surface area contributed by atoms with Crippen LogP contribution in [0.1, 0.15) is 65.7 Å². The highest BCUT2D eigenvalue weighted by molar-refractivity contribution is 6.04. The summed E-state index contributed by atoms with van der Waals surface area (Å²) in [7, 11) is 7.94. The predicted octanol–water partition coefficient (Wildman–Crippen LogP) is -0.389. The summed E-state index contributed by atoms with van der Waals surface area (Å²) in [4.78, 5) is 99.4. The van der Waals surface area contributed by atoms with E-state index in [4.69, 9.17) is 10.8 Å². The minimum Gasteiger partial charge on any atom is -0.475 e. The molecule has 23 heteroatoms. The van der Waals surface area contributed by atoms with Crippen molar-refractivity contribution in [2.24, 2.45) is 41.0 Å². The number of rotatable bonds is 16. The normalized spacial score (nSPS) is 11.4. The minimum absolute atomic E-state index is 0.0140. The van der Waals surface area contributed by atoms with Crippen molar-refractivity contribution in [1.82, 2.24) is 48.4 Å². The zero-order chi connectivity index (χ0) is 41.6. The van der Waals surface area contributed by atoms with Gasteiger partial charge in [0.05, 0.1) is 17.4 Å². The number of nitrogens with one attached hydrogen (secondary N) is 6. The number of nitrogens with two attached hydrogens (primary N) is 1. The van der Waals surface area contributed by atoms with Crippen LogP contribution in [0.15, 0.2) is 49.3 Å². The van der Waals surface area contributed by atoms with E-state index >= 15 is 0 Å². The highest BCUT2D eigenvalue weighted by Gasteiger charge is 2.21. The molecule has 0 radical (unpaired) electrons. The van der Waals surface area contributed by atoms with Gasteiger partial charge in [0.2, 0.25) is 23.5 Å². The molecule has 57 heavy (non-hydrogen) atoms. The average molecular weight is 788 g/mol. The van der Waals surface area contributed by atoms with E-state index < -0.39 is 47.5 Å². The van der Waals surface area contributed by atoms with Crippen LogP contribution in [-0.4, -0.2) is 103 Å². The second-order valence-corrected chi connectivity index (χ2v) is 12.8. The van der Waals surface area contributed by atoms with Gasteiger partial charge in [-0.3, -0.25) is 28.8 Å². The van der Waals surface area contributed by atoms with Gasteiger partial charge in [-0.25, -0.2) is 19.7 Å². The molecule has 0 fully saturated rings. The molecule has 0 unspecified atom stereocenters. The topological polar surface area (TPSA) is 301 Å². The van der Waals surface area contributed by atoms with Crippen molar-refractivity contribution < 1.29 is 38.7 Å². The first-order valence-corrected chi connectivity index (χ1v) is 17.2. The molecule has 1 atom stereocenters. The van der Waals surface area contributed by atoms with Gasteiger partial charge < -0.3 is 65.6 Å². The number of aryl methyl sites for hydroxylation is 5. The number of hydrogen-bond acceptors (Lipinski definition) is 11. The lowest BCUT2D eigenvalue weighted by Crippen LogP contribution is -2.39. The van der Waals surface area contributed by atoms with Crippen molar-refractivity contribution in [2.75, 3.05) is 34.4 Å². The molecule has 0 aliphatic carbocycles. The molecule has 6 amide bonds. The van der Waals surface area contributed by atoms with E-state index in [0.29, 0.717) is 5.69 Å². The van der Waals surface area contributed by atoms with Crippen LogP contribution in [0.3, 0.4) is 0 Å². The SMILES string of the molecule is Cn1cc(NC(=O)c2nccn2C)cc1C(=O)NCCC(=O)Nc1cn(C)c(C(=O)Nc2cc(C(=O)NCC[C@@H](N)C(=O)Nc3cn(C)c(C(=O)O)n3)n(C)c2)n1. The van der Waals surface area contributed by atoms with Crippen molar-refractivity contribution in [3.05, 3.63) is 78.2 Å². The Hall–Kier alpha value is -7.56. The van der Waals surface area contributed by atoms with Crippen LogP contribution in [0.4, 0.5) is 23.0 Å². The summed E-state index contributed by atoms with van der Waals surface area (Å²) in [5.41, 5.74) is 7.05. The van der Waals surface area contributed by atoms with Crippen LogP contribution in [0.25, 0.3) is 0 Å². The maximum atomic E-state index is 13.1. The lowest BCUT2D eigenvalue weighted by atomic mass is 10.2. The van der Waals surface area contributed by atoms with Crippen LogP contribution < -0.4 is 37.6 Å². The maximum Gasteiger partial charge on any atom is 0.372 e.